The van der Waals surface area contributed by atoms with Crippen molar-refractivity contribution in [3.63, 3.8) is 0 Å². The van der Waals surface area contributed by atoms with E-state index in [4.69, 9.17) is 0 Å². The van der Waals surface area contributed by atoms with Crippen molar-refractivity contribution in [1.82, 2.24) is 4.57 Å². The van der Waals surface area contributed by atoms with Crippen molar-refractivity contribution in [1.29, 1.82) is 0 Å². The predicted molar refractivity (Wildman–Crippen MR) is 75.4 cm³/mol. The highest BCUT2D eigenvalue weighted by molar-refractivity contribution is 9.10. The first-order valence-electron chi connectivity index (χ1n) is 5.76. The summed E-state index contributed by atoms with van der Waals surface area (Å²) in [5, 5.41) is 12.0. The van der Waals surface area contributed by atoms with Crippen LogP contribution in [0.3, 0.4) is 0 Å². The summed E-state index contributed by atoms with van der Waals surface area (Å²) in [5.41, 5.74) is 1.01. The molecule has 1 atom stereocenters. The Kier molecular flexibility index (Phi) is 4.42. The van der Waals surface area contributed by atoms with Gasteiger partial charge in [-0.2, -0.15) is 0 Å². The standard InChI is InChI=1S/C13H16BrNOS/c1-2-3-12(16)10-4-6-15(8-10)9-13-11(14)5-7-17-13/h4-8,12,16H,2-3,9H2,1H3. The second kappa shape index (κ2) is 5.85. The predicted octanol–water partition coefficient (Wildman–Crippen LogP) is 4.19. The molecule has 2 nitrogen and oxygen atoms in total. The van der Waals surface area contributed by atoms with Gasteiger partial charge in [0, 0.05) is 21.7 Å². The van der Waals surface area contributed by atoms with Crippen molar-refractivity contribution >= 4 is 27.3 Å². The highest BCUT2D eigenvalue weighted by atomic mass is 79.9. The first-order valence-corrected chi connectivity index (χ1v) is 7.43. The first kappa shape index (κ1) is 12.9. The SMILES string of the molecule is CCCC(O)c1ccn(Cc2sccc2Br)c1. The molecular formula is C13H16BrNOS. The molecule has 92 valence electrons. The van der Waals surface area contributed by atoms with Gasteiger partial charge in [-0.25, -0.2) is 0 Å². The smallest absolute Gasteiger partial charge is 0.0804 e. The van der Waals surface area contributed by atoms with Crippen molar-refractivity contribution in [3.8, 4) is 0 Å². The van der Waals surface area contributed by atoms with Crippen LogP contribution in [-0.2, 0) is 6.54 Å². The molecule has 17 heavy (non-hydrogen) atoms. The van der Waals surface area contributed by atoms with Crippen LogP contribution in [0.15, 0.2) is 34.4 Å². The summed E-state index contributed by atoms with van der Waals surface area (Å²) >= 11 is 5.27. The molecule has 2 rings (SSSR count). The van der Waals surface area contributed by atoms with Crippen molar-refractivity contribution < 1.29 is 5.11 Å². The van der Waals surface area contributed by atoms with Gasteiger partial charge in [0.1, 0.15) is 0 Å². The molecule has 2 heterocycles. The highest BCUT2D eigenvalue weighted by Gasteiger charge is 2.08. The van der Waals surface area contributed by atoms with Gasteiger partial charge < -0.3 is 9.67 Å². The van der Waals surface area contributed by atoms with Crippen LogP contribution < -0.4 is 0 Å². The van der Waals surface area contributed by atoms with Gasteiger partial charge in [-0.1, -0.05) is 13.3 Å². The van der Waals surface area contributed by atoms with E-state index in [2.05, 4.69) is 38.9 Å². The Hall–Kier alpha value is -0.580. The topological polar surface area (TPSA) is 25.2 Å². The number of halogens is 1. The van der Waals surface area contributed by atoms with E-state index in [1.54, 1.807) is 11.3 Å². The minimum Gasteiger partial charge on any atom is -0.388 e. The summed E-state index contributed by atoms with van der Waals surface area (Å²) in [5.74, 6) is 0. The maximum absolute atomic E-state index is 9.89. The Morgan fingerprint density at radius 3 is 2.94 bits per heavy atom. The number of aliphatic hydroxyl groups is 1. The summed E-state index contributed by atoms with van der Waals surface area (Å²) in [6.07, 6.45) is 5.57. The maximum atomic E-state index is 9.89. The van der Waals surface area contributed by atoms with Crippen molar-refractivity contribution in [2.24, 2.45) is 0 Å². The van der Waals surface area contributed by atoms with Crippen LogP contribution >= 0.6 is 27.3 Å². The lowest BCUT2D eigenvalue weighted by molar-refractivity contribution is 0.166. The Morgan fingerprint density at radius 1 is 1.47 bits per heavy atom. The van der Waals surface area contributed by atoms with Crippen LogP contribution in [0.25, 0.3) is 0 Å². The van der Waals surface area contributed by atoms with Crippen LogP contribution in [0.5, 0.6) is 0 Å². The molecule has 1 unspecified atom stereocenters. The minimum absolute atomic E-state index is 0.326. The Bertz CT molecular complexity index is 477. The van der Waals surface area contributed by atoms with E-state index in [0.29, 0.717) is 0 Å². The molecule has 0 aliphatic heterocycles. The van der Waals surface area contributed by atoms with Crippen molar-refractivity contribution in [2.45, 2.75) is 32.4 Å². The van der Waals surface area contributed by atoms with E-state index in [-0.39, 0.29) is 6.10 Å². The summed E-state index contributed by atoms with van der Waals surface area (Å²) < 4.78 is 3.28. The van der Waals surface area contributed by atoms with Gasteiger partial charge in [0.2, 0.25) is 0 Å². The van der Waals surface area contributed by atoms with E-state index in [1.807, 2.05) is 18.5 Å². The average molecular weight is 314 g/mol. The number of thiophene rings is 1. The number of hydrogen-bond acceptors (Lipinski definition) is 2. The zero-order chi connectivity index (χ0) is 12.3. The van der Waals surface area contributed by atoms with Crippen LogP contribution in [-0.4, -0.2) is 9.67 Å². The molecule has 0 aliphatic carbocycles. The number of aliphatic hydroxyl groups excluding tert-OH is 1. The van der Waals surface area contributed by atoms with E-state index in [0.717, 1.165) is 29.4 Å². The number of hydrogen-bond donors (Lipinski definition) is 1. The van der Waals surface area contributed by atoms with E-state index < -0.39 is 0 Å². The second-order valence-electron chi connectivity index (χ2n) is 4.11. The monoisotopic (exact) mass is 313 g/mol. The number of aromatic nitrogens is 1. The lowest BCUT2D eigenvalue weighted by atomic mass is 10.1. The minimum atomic E-state index is -0.326. The Labute approximate surface area is 114 Å². The molecule has 0 bridgehead atoms. The summed E-state index contributed by atoms with van der Waals surface area (Å²) in [4.78, 5) is 1.30. The van der Waals surface area contributed by atoms with Gasteiger partial charge in [0.05, 0.1) is 12.6 Å². The number of rotatable bonds is 5. The van der Waals surface area contributed by atoms with Gasteiger partial charge in [-0.05, 0) is 45.4 Å². The molecule has 0 aromatic carbocycles. The quantitative estimate of drug-likeness (QED) is 0.879. The maximum Gasteiger partial charge on any atom is 0.0804 e. The zero-order valence-electron chi connectivity index (χ0n) is 9.77. The number of nitrogens with zero attached hydrogens (tertiary/aromatic N) is 1. The molecule has 0 aliphatic rings. The first-order chi connectivity index (χ1) is 8.20. The summed E-state index contributed by atoms with van der Waals surface area (Å²) in [6, 6.07) is 4.07. The van der Waals surface area contributed by atoms with E-state index in [1.165, 1.54) is 4.88 Å². The van der Waals surface area contributed by atoms with Gasteiger partial charge in [-0.15, -0.1) is 11.3 Å². The second-order valence-corrected chi connectivity index (χ2v) is 5.97. The fraction of sp³-hybridized carbons (Fsp3) is 0.385. The lowest BCUT2D eigenvalue weighted by Gasteiger charge is -2.06. The van der Waals surface area contributed by atoms with Crippen LogP contribution in [0, 0.1) is 0 Å². The van der Waals surface area contributed by atoms with Crippen LogP contribution in [0.2, 0.25) is 0 Å². The fourth-order valence-corrected chi connectivity index (χ4v) is 3.28. The van der Waals surface area contributed by atoms with Crippen LogP contribution in [0.4, 0.5) is 0 Å². The molecule has 0 radical (unpaired) electrons. The zero-order valence-corrected chi connectivity index (χ0v) is 12.2. The van der Waals surface area contributed by atoms with Gasteiger partial charge in [0.25, 0.3) is 0 Å². The van der Waals surface area contributed by atoms with E-state index in [9.17, 15) is 5.11 Å². The fourth-order valence-electron chi connectivity index (χ4n) is 1.80. The van der Waals surface area contributed by atoms with E-state index >= 15 is 0 Å². The van der Waals surface area contributed by atoms with Crippen molar-refractivity contribution in [2.75, 3.05) is 0 Å². The molecule has 0 amide bonds. The van der Waals surface area contributed by atoms with Crippen LogP contribution in [0.1, 0.15) is 36.3 Å². The summed E-state index contributed by atoms with van der Waals surface area (Å²) in [7, 11) is 0. The molecule has 0 saturated heterocycles. The van der Waals surface area contributed by atoms with Gasteiger partial charge >= 0.3 is 0 Å². The Morgan fingerprint density at radius 2 is 2.29 bits per heavy atom. The molecular weight excluding hydrogens is 298 g/mol. The molecule has 0 spiro atoms. The molecule has 0 saturated carbocycles. The Balaban J connectivity index is 2.06. The summed E-state index contributed by atoms with van der Waals surface area (Å²) in [6.45, 7) is 2.94. The van der Waals surface area contributed by atoms with Crippen molar-refractivity contribution in [3.05, 3.63) is 44.8 Å². The molecule has 0 fully saturated rings. The van der Waals surface area contributed by atoms with Gasteiger partial charge in [0.15, 0.2) is 0 Å². The molecule has 2 aromatic rings. The molecule has 1 N–H and O–H groups in total. The third-order valence-electron chi connectivity index (χ3n) is 2.74. The average Bonchev–Trinajstić information content (AvgIpc) is 2.90. The third-order valence-corrected chi connectivity index (χ3v) is 4.65. The largest absolute Gasteiger partial charge is 0.388 e. The third kappa shape index (κ3) is 3.21. The normalized spacial score (nSPS) is 12.9. The molecule has 2 aromatic heterocycles. The molecule has 4 heteroatoms. The van der Waals surface area contributed by atoms with Gasteiger partial charge in [-0.3, -0.25) is 0 Å². The lowest BCUT2D eigenvalue weighted by Crippen LogP contribution is -1.97. The highest BCUT2D eigenvalue weighted by Crippen LogP contribution is 2.25.